The highest BCUT2D eigenvalue weighted by Gasteiger charge is 2.33. The minimum absolute atomic E-state index is 0.136. The predicted octanol–water partition coefficient (Wildman–Crippen LogP) is 2.31. The third-order valence-electron chi connectivity index (χ3n) is 3.09. The van der Waals surface area contributed by atoms with Crippen LogP contribution in [0.15, 0.2) is 11.4 Å². The number of halogens is 3. The number of ether oxygens (including phenoxy) is 1. The number of hydrogen-bond donors (Lipinski definition) is 1. The molecule has 1 N–H and O–H groups in total. The molecule has 1 aromatic rings. The molecule has 4 nitrogen and oxygen atoms in total. The van der Waals surface area contributed by atoms with Crippen LogP contribution in [0.5, 0.6) is 0 Å². The zero-order valence-corrected chi connectivity index (χ0v) is 11.3. The lowest BCUT2D eigenvalue weighted by atomic mass is 10.0. The lowest BCUT2D eigenvalue weighted by Crippen LogP contribution is -2.41. The quantitative estimate of drug-likeness (QED) is 0.848. The average molecular weight is 309 g/mol. The molecule has 2 rings (SSSR count). The molecule has 1 unspecified atom stereocenters. The first kappa shape index (κ1) is 15.3. The zero-order valence-electron chi connectivity index (χ0n) is 10.5. The Morgan fingerprint density at radius 1 is 1.55 bits per heavy atom. The van der Waals surface area contributed by atoms with E-state index in [9.17, 15) is 23.1 Å². The fraction of sp³-hybridized carbons (Fsp3) is 0.583. The van der Waals surface area contributed by atoms with Gasteiger partial charge in [0.05, 0.1) is 6.61 Å². The maximum Gasteiger partial charge on any atom is 0.411 e. The Bertz CT molecular complexity index is 475. The highest BCUT2D eigenvalue weighted by atomic mass is 32.1. The monoisotopic (exact) mass is 309 g/mol. The molecule has 0 amide bonds. The summed E-state index contributed by atoms with van der Waals surface area (Å²) in [5.41, 5.74) is 0.740. The van der Waals surface area contributed by atoms with Gasteiger partial charge in [-0.2, -0.15) is 13.2 Å². The lowest BCUT2D eigenvalue weighted by molar-refractivity contribution is -0.175. The van der Waals surface area contributed by atoms with Gasteiger partial charge in [0.15, 0.2) is 0 Å². The van der Waals surface area contributed by atoms with Crippen molar-refractivity contribution >= 4 is 17.3 Å². The van der Waals surface area contributed by atoms with Gasteiger partial charge in [0.2, 0.25) is 0 Å². The third kappa shape index (κ3) is 3.71. The number of fused-ring (bicyclic) bond motifs is 1. The summed E-state index contributed by atoms with van der Waals surface area (Å²) in [6.45, 7) is -0.757. The highest BCUT2D eigenvalue weighted by Crippen LogP contribution is 2.33. The van der Waals surface area contributed by atoms with Crippen molar-refractivity contribution < 1.29 is 27.8 Å². The van der Waals surface area contributed by atoms with E-state index in [1.807, 2.05) is 5.38 Å². The predicted molar refractivity (Wildman–Crippen MR) is 66.8 cm³/mol. The summed E-state index contributed by atoms with van der Waals surface area (Å²) in [6, 6.07) is 0.973. The van der Waals surface area contributed by atoms with Crippen LogP contribution in [0.3, 0.4) is 0 Å². The number of carboxylic acids is 1. The molecule has 0 saturated heterocycles. The van der Waals surface area contributed by atoms with E-state index < -0.39 is 24.8 Å². The molecule has 1 aromatic heterocycles. The van der Waals surface area contributed by atoms with E-state index in [0.717, 1.165) is 16.9 Å². The van der Waals surface area contributed by atoms with Crippen molar-refractivity contribution in [1.29, 1.82) is 0 Å². The minimum Gasteiger partial charge on any atom is -0.480 e. The van der Waals surface area contributed by atoms with Gasteiger partial charge < -0.3 is 9.84 Å². The average Bonchev–Trinajstić information content (AvgIpc) is 2.80. The molecule has 0 bridgehead atoms. The second-order valence-corrected chi connectivity index (χ2v) is 5.49. The molecule has 8 heteroatoms. The standard InChI is InChI=1S/C12H14F3NO3S/c13-12(14,15)7-19-5-4-16-3-1-9-8(2-6-20-9)10(16)11(17)18/h2,6,10H,1,3-5,7H2,(H,17,18). The maximum absolute atomic E-state index is 12.0. The van der Waals surface area contributed by atoms with Gasteiger partial charge in [-0.3, -0.25) is 9.69 Å². The summed E-state index contributed by atoms with van der Waals surface area (Å²) in [4.78, 5) is 14.0. The molecule has 20 heavy (non-hydrogen) atoms. The van der Waals surface area contributed by atoms with Crippen LogP contribution in [0, 0.1) is 0 Å². The van der Waals surface area contributed by atoms with Gasteiger partial charge in [-0.25, -0.2) is 0 Å². The minimum atomic E-state index is -4.35. The van der Waals surface area contributed by atoms with Crippen molar-refractivity contribution in [3.8, 4) is 0 Å². The molecule has 1 aliphatic rings. The molecular formula is C12H14F3NO3S. The van der Waals surface area contributed by atoms with Gasteiger partial charge in [0.25, 0.3) is 0 Å². The molecule has 2 heterocycles. The van der Waals surface area contributed by atoms with Crippen LogP contribution in [0.1, 0.15) is 16.5 Å². The van der Waals surface area contributed by atoms with E-state index in [1.54, 1.807) is 11.0 Å². The van der Waals surface area contributed by atoms with E-state index in [0.29, 0.717) is 6.54 Å². The van der Waals surface area contributed by atoms with Crippen LogP contribution >= 0.6 is 11.3 Å². The van der Waals surface area contributed by atoms with Gasteiger partial charge >= 0.3 is 12.1 Å². The molecule has 0 aliphatic carbocycles. The zero-order chi connectivity index (χ0) is 14.8. The highest BCUT2D eigenvalue weighted by molar-refractivity contribution is 7.10. The third-order valence-corrected chi connectivity index (χ3v) is 4.08. The number of carbonyl (C=O) groups is 1. The van der Waals surface area contributed by atoms with Crippen LogP contribution in [-0.2, 0) is 16.0 Å². The molecule has 0 radical (unpaired) electrons. The van der Waals surface area contributed by atoms with Crippen LogP contribution in [0.2, 0.25) is 0 Å². The lowest BCUT2D eigenvalue weighted by Gasteiger charge is -2.32. The number of thiophene rings is 1. The van der Waals surface area contributed by atoms with Crippen molar-refractivity contribution in [1.82, 2.24) is 4.90 Å². The Labute approximate surface area is 117 Å². The topological polar surface area (TPSA) is 49.8 Å². The van der Waals surface area contributed by atoms with Crippen molar-refractivity contribution in [2.45, 2.75) is 18.6 Å². The Morgan fingerprint density at radius 2 is 2.30 bits per heavy atom. The van der Waals surface area contributed by atoms with E-state index in [1.165, 1.54) is 11.3 Å². The summed E-state index contributed by atoms with van der Waals surface area (Å²) in [7, 11) is 0. The van der Waals surface area contributed by atoms with Crippen LogP contribution in [-0.4, -0.2) is 48.5 Å². The molecule has 0 spiro atoms. The number of carboxylic acid groups (broad SMARTS) is 1. The molecule has 0 aromatic carbocycles. The van der Waals surface area contributed by atoms with Crippen molar-refractivity contribution in [3.05, 3.63) is 21.9 Å². The van der Waals surface area contributed by atoms with Gasteiger partial charge in [-0.05, 0) is 23.4 Å². The Morgan fingerprint density at radius 3 is 2.95 bits per heavy atom. The van der Waals surface area contributed by atoms with Gasteiger partial charge in [0.1, 0.15) is 12.6 Å². The smallest absolute Gasteiger partial charge is 0.411 e. The van der Waals surface area contributed by atoms with Crippen LogP contribution in [0.4, 0.5) is 13.2 Å². The Balaban J connectivity index is 1.93. The normalized spacial score (nSPS) is 19.9. The first-order valence-corrected chi connectivity index (χ1v) is 6.94. The molecule has 0 fully saturated rings. The SMILES string of the molecule is O=C(O)C1c2ccsc2CCN1CCOCC(F)(F)F. The molecule has 0 saturated carbocycles. The van der Waals surface area contributed by atoms with Gasteiger partial charge in [-0.15, -0.1) is 11.3 Å². The summed E-state index contributed by atoms with van der Waals surface area (Å²) in [5.74, 6) is -0.986. The maximum atomic E-state index is 12.0. The number of aliphatic carboxylic acids is 1. The van der Waals surface area contributed by atoms with Crippen molar-refractivity contribution in [2.75, 3.05) is 26.3 Å². The number of nitrogens with zero attached hydrogens (tertiary/aromatic N) is 1. The second kappa shape index (κ2) is 6.11. The Hall–Kier alpha value is -1.12. The fourth-order valence-electron chi connectivity index (χ4n) is 2.27. The number of rotatable bonds is 5. The van der Waals surface area contributed by atoms with E-state index in [2.05, 4.69) is 4.74 Å². The van der Waals surface area contributed by atoms with Crippen molar-refractivity contribution in [2.24, 2.45) is 0 Å². The summed E-state index contributed by atoms with van der Waals surface area (Å²) in [6.07, 6.45) is -3.63. The van der Waals surface area contributed by atoms with Crippen LogP contribution in [0.25, 0.3) is 0 Å². The fourth-order valence-corrected chi connectivity index (χ4v) is 3.17. The first-order valence-electron chi connectivity index (χ1n) is 6.06. The molecule has 1 atom stereocenters. The molecular weight excluding hydrogens is 295 g/mol. The van der Waals surface area contributed by atoms with Crippen LogP contribution < -0.4 is 0 Å². The van der Waals surface area contributed by atoms with Gasteiger partial charge in [0, 0.05) is 18.0 Å². The number of hydrogen-bond acceptors (Lipinski definition) is 4. The van der Waals surface area contributed by atoms with E-state index >= 15 is 0 Å². The summed E-state index contributed by atoms with van der Waals surface area (Å²) < 4.78 is 40.4. The largest absolute Gasteiger partial charge is 0.480 e. The number of alkyl halides is 3. The Kier molecular flexibility index (Phi) is 4.66. The van der Waals surface area contributed by atoms with E-state index in [-0.39, 0.29) is 13.2 Å². The second-order valence-electron chi connectivity index (χ2n) is 4.49. The molecule has 112 valence electrons. The van der Waals surface area contributed by atoms with Gasteiger partial charge in [-0.1, -0.05) is 0 Å². The summed E-state index contributed by atoms with van der Waals surface area (Å²) in [5, 5.41) is 11.1. The molecule has 1 aliphatic heterocycles. The first-order chi connectivity index (χ1) is 9.38. The summed E-state index contributed by atoms with van der Waals surface area (Å²) >= 11 is 1.51. The van der Waals surface area contributed by atoms with Crippen molar-refractivity contribution in [3.63, 3.8) is 0 Å². The van der Waals surface area contributed by atoms with E-state index in [4.69, 9.17) is 0 Å².